The van der Waals surface area contributed by atoms with Gasteiger partial charge in [0.25, 0.3) is 0 Å². The standard InChI is InChI=1S/C16H23NOSi/c1-4-19(5-2,6-3)16-12-10-11-18-14-9-7-8-13(17-16)15(12)14/h7-9,17H,4-6,10-11H2,1-3H3. The van der Waals surface area contributed by atoms with Crippen LogP contribution in [0, 0.1) is 0 Å². The van der Waals surface area contributed by atoms with E-state index in [0.29, 0.717) is 0 Å². The fourth-order valence-corrected chi connectivity index (χ4v) is 7.50. The monoisotopic (exact) mass is 273 g/mol. The molecule has 19 heavy (non-hydrogen) atoms. The highest BCUT2D eigenvalue weighted by Gasteiger charge is 2.35. The molecule has 0 saturated carbocycles. The maximum Gasteiger partial charge on any atom is 0.128 e. The Morgan fingerprint density at radius 2 is 1.89 bits per heavy atom. The van der Waals surface area contributed by atoms with Gasteiger partial charge in [-0.25, -0.2) is 0 Å². The Labute approximate surface area is 116 Å². The number of hydrogen-bond donors (Lipinski definition) is 1. The van der Waals surface area contributed by atoms with Crippen LogP contribution in [-0.4, -0.2) is 19.7 Å². The van der Waals surface area contributed by atoms with Crippen LogP contribution in [0.1, 0.15) is 26.3 Å². The number of ether oxygens (including phenoxy) is 1. The van der Waals surface area contributed by atoms with Gasteiger partial charge in [0.15, 0.2) is 0 Å². The average Bonchev–Trinajstić information content (AvgIpc) is 2.84. The molecule has 1 N–H and O–H groups in total. The van der Waals surface area contributed by atoms with E-state index in [0.717, 1.165) is 18.8 Å². The summed E-state index contributed by atoms with van der Waals surface area (Å²) in [7, 11) is -1.34. The molecule has 0 saturated heterocycles. The molecule has 2 aromatic rings. The lowest BCUT2D eigenvalue weighted by atomic mass is 10.1. The van der Waals surface area contributed by atoms with Gasteiger partial charge >= 0.3 is 0 Å². The molecule has 102 valence electrons. The molecule has 1 aliphatic heterocycles. The summed E-state index contributed by atoms with van der Waals surface area (Å²) in [6.45, 7) is 7.95. The van der Waals surface area contributed by atoms with Gasteiger partial charge in [0, 0.05) is 22.6 Å². The average molecular weight is 273 g/mol. The number of rotatable bonds is 4. The van der Waals surface area contributed by atoms with Gasteiger partial charge in [-0.15, -0.1) is 0 Å². The van der Waals surface area contributed by atoms with E-state index >= 15 is 0 Å². The molecule has 3 rings (SSSR count). The summed E-state index contributed by atoms with van der Waals surface area (Å²) in [5, 5.41) is 2.96. The number of benzene rings is 1. The predicted octanol–water partition coefficient (Wildman–Crippen LogP) is 3.82. The SMILES string of the molecule is CC[Si](CC)(CC)c1[nH]c2cccc3c2c1CCO3. The zero-order valence-electron chi connectivity index (χ0n) is 12.2. The highest BCUT2D eigenvalue weighted by atomic mass is 28.3. The Bertz CT molecular complexity index is 590. The smallest absolute Gasteiger partial charge is 0.128 e. The third kappa shape index (κ3) is 1.75. The maximum absolute atomic E-state index is 5.82. The van der Waals surface area contributed by atoms with Gasteiger partial charge in [-0.05, 0) is 17.7 Å². The summed E-state index contributed by atoms with van der Waals surface area (Å²) in [4.78, 5) is 3.77. The summed E-state index contributed by atoms with van der Waals surface area (Å²) < 4.78 is 5.82. The molecular formula is C16H23NOSi. The molecule has 0 spiro atoms. The normalized spacial score (nSPS) is 14.7. The summed E-state index contributed by atoms with van der Waals surface area (Å²) in [5.74, 6) is 1.08. The zero-order chi connectivity index (χ0) is 13.5. The molecule has 1 aliphatic rings. The first-order valence-corrected chi connectivity index (χ1v) is 10.1. The lowest BCUT2D eigenvalue weighted by Crippen LogP contribution is -2.48. The second kappa shape index (κ2) is 4.71. The molecule has 0 atom stereocenters. The van der Waals surface area contributed by atoms with E-state index < -0.39 is 8.07 Å². The summed E-state index contributed by atoms with van der Waals surface area (Å²) >= 11 is 0. The van der Waals surface area contributed by atoms with Crippen LogP contribution in [0.15, 0.2) is 18.2 Å². The summed E-state index contributed by atoms with van der Waals surface area (Å²) in [6, 6.07) is 10.4. The molecule has 0 unspecified atom stereocenters. The molecule has 0 aliphatic carbocycles. The topological polar surface area (TPSA) is 25.0 Å². The molecule has 1 aromatic carbocycles. The predicted molar refractivity (Wildman–Crippen MR) is 84.3 cm³/mol. The Kier molecular flexibility index (Phi) is 3.17. The van der Waals surface area contributed by atoms with Crippen molar-refractivity contribution in [2.24, 2.45) is 0 Å². The highest BCUT2D eigenvalue weighted by molar-refractivity contribution is 6.91. The highest BCUT2D eigenvalue weighted by Crippen LogP contribution is 2.34. The summed E-state index contributed by atoms with van der Waals surface area (Å²) in [6.07, 6.45) is 1.07. The van der Waals surface area contributed by atoms with E-state index in [2.05, 4.69) is 44.0 Å². The summed E-state index contributed by atoms with van der Waals surface area (Å²) in [5.41, 5.74) is 2.84. The first-order valence-electron chi connectivity index (χ1n) is 7.52. The van der Waals surface area contributed by atoms with Crippen molar-refractivity contribution in [1.82, 2.24) is 4.98 Å². The third-order valence-corrected chi connectivity index (χ3v) is 10.6. The van der Waals surface area contributed by atoms with Gasteiger partial charge in [-0.2, -0.15) is 0 Å². The first kappa shape index (κ1) is 12.8. The molecule has 2 heterocycles. The lowest BCUT2D eigenvalue weighted by molar-refractivity contribution is 0.319. The third-order valence-electron chi connectivity index (χ3n) is 5.06. The number of nitrogens with one attached hydrogen (secondary N) is 1. The van der Waals surface area contributed by atoms with Crippen LogP contribution in [-0.2, 0) is 6.42 Å². The minimum absolute atomic E-state index is 0.832. The molecule has 0 fully saturated rings. The number of aromatic amines is 1. The molecule has 3 heteroatoms. The van der Waals surface area contributed by atoms with Gasteiger partial charge < -0.3 is 9.72 Å². The first-order chi connectivity index (χ1) is 9.25. The second-order valence-corrected chi connectivity index (χ2v) is 10.8. The Hall–Kier alpha value is -1.22. The van der Waals surface area contributed by atoms with Crippen molar-refractivity contribution in [2.45, 2.75) is 45.3 Å². The Balaban J connectivity index is 2.28. The molecule has 0 amide bonds. The molecular weight excluding hydrogens is 250 g/mol. The maximum atomic E-state index is 5.82. The van der Waals surface area contributed by atoms with Gasteiger partial charge in [0.1, 0.15) is 13.8 Å². The van der Waals surface area contributed by atoms with Crippen molar-refractivity contribution in [1.29, 1.82) is 0 Å². The van der Waals surface area contributed by atoms with Crippen LogP contribution in [0.5, 0.6) is 5.75 Å². The van der Waals surface area contributed by atoms with Crippen molar-refractivity contribution in [2.75, 3.05) is 6.61 Å². The van der Waals surface area contributed by atoms with Crippen LogP contribution in [0.2, 0.25) is 18.1 Å². The largest absolute Gasteiger partial charge is 0.493 e. The van der Waals surface area contributed by atoms with E-state index in [9.17, 15) is 0 Å². The minimum atomic E-state index is -1.34. The van der Waals surface area contributed by atoms with Crippen molar-refractivity contribution >= 4 is 24.3 Å². The second-order valence-electron chi connectivity index (χ2n) is 5.60. The van der Waals surface area contributed by atoms with Crippen molar-refractivity contribution in [3.63, 3.8) is 0 Å². The van der Waals surface area contributed by atoms with Gasteiger partial charge in [-0.3, -0.25) is 0 Å². The van der Waals surface area contributed by atoms with E-state index in [1.807, 2.05) is 0 Å². The van der Waals surface area contributed by atoms with E-state index in [1.165, 1.54) is 29.0 Å². The van der Waals surface area contributed by atoms with Crippen LogP contribution in [0.3, 0.4) is 0 Å². The fourth-order valence-electron chi connectivity index (χ4n) is 3.65. The number of H-pyrrole nitrogens is 1. The Morgan fingerprint density at radius 3 is 2.58 bits per heavy atom. The van der Waals surface area contributed by atoms with E-state index in [1.54, 1.807) is 10.9 Å². The molecule has 0 bridgehead atoms. The number of hydrogen-bond acceptors (Lipinski definition) is 1. The molecule has 2 nitrogen and oxygen atoms in total. The minimum Gasteiger partial charge on any atom is -0.493 e. The van der Waals surface area contributed by atoms with Crippen molar-refractivity contribution in [3.8, 4) is 5.75 Å². The quantitative estimate of drug-likeness (QED) is 0.842. The van der Waals surface area contributed by atoms with Crippen LogP contribution in [0.25, 0.3) is 10.9 Å². The fraction of sp³-hybridized carbons (Fsp3) is 0.500. The Morgan fingerprint density at radius 1 is 1.16 bits per heavy atom. The van der Waals surface area contributed by atoms with Crippen molar-refractivity contribution < 1.29 is 4.74 Å². The van der Waals surface area contributed by atoms with E-state index in [4.69, 9.17) is 4.74 Å². The van der Waals surface area contributed by atoms with Gasteiger partial charge in [-0.1, -0.05) is 45.0 Å². The zero-order valence-corrected chi connectivity index (χ0v) is 13.2. The van der Waals surface area contributed by atoms with Gasteiger partial charge in [0.2, 0.25) is 0 Å². The van der Waals surface area contributed by atoms with Crippen LogP contribution in [0.4, 0.5) is 0 Å². The molecule has 0 radical (unpaired) electrons. The van der Waals surface area contributed by atoms with Gasteiger partial charge in [0.05, 0.1) is 6.61 Å². The van der Waals surface area contributed by atoms with Crippen LogP contribution >= 0.6 is 0 Å². The van der Waals surface area contributed by atoms with Crippen molar-refractivity contribution in [3.05, 3.63) is 23.8 Å². The van der Waals surface area contributed by atoms with Crippen LogP contribution < -0.4 is 10.1 Å². The number of aromatic nitrogens is 1. The molecule has 1 aromatic heterocycles. The lowest BCUT2D eigenvalue weighted by Gasteiger charge is -2.29. The van der Waals surface area contributed by atoms with E-state index in [-0.39, 0.29) is 0 Å².